The SMILES string of the molecule is COc1nc(-c2ccc(O[C@@H]3C[C@H]4CC[C@@H](C3)N4C(=O)O)nn2)ccc1-n1cccn1. The van der Waals surface area contributed by atoms with Crippen LogP contribution >= 0.6 is 0 Å². The number of carbonyl (C=O) groups is 1. The maximum Gasteiger partial charge on any atom is 0.407 e. The summed E-state index contributed by atoms with van der Waals surface area (Å²) in [6.07, 6.45) is 5.76. The summed E-state index contributed by atoms with van der Waals surface area (Å²) in [7, 11) is 1.56. The zero-order valence-corrected chi connectivity index (χ0v) is 17.0. The first-order chi connectivity index (χ1) is 15.1. The molecule has 0 radical (unpaired) electrons. The van der Waals surface area contributed by atoms with E-state index in [9.17, 15) is 9.90 Å². The molecule has 2 bridgehead atoms. The fourth-order valence-corrected chi connectivity index (χ4v) is 4.54. The Morgan fingerprint density at radius 2 is 1.87 bits per heavy atom. The molecule has 3 aromatic heterocycles. The van der Waals surface area contributed by atoms with Gasteiger partial charge in [-0.25, -0.2) is 14.5 Å². The van der Waals surface area contributed by atoms with E-state index in [4.69, 9.17) is 9.47 Å². The van der Waals surface area contributed by atoms with E-state index in [1.807, 2.05) is 24.4 Å². The van der Waals surface area contributed by atoms with E-state index in [2.05, 4.69) is 20.3 Å². The van der Waals surface area contributed by atoms with E-state index in [0.717, 1.165) is 18.5 Å². The molecule has 0 spiro atoms. The molecule has 1 amide bonds. The molecular weight excluding hydrogens is 400 g/mol. The van der Waals surface area contributed by atoms with Crippen molar-refractivity contribution in [3.8, 4) is 28.8 Å². The standard InChI is InChI=1S/C21H22N6O4/c1-30-20-18(26-10-2-9-22-26)7-5-16(23-20)17-6-8-19(25-24-17)31-15-11-13-3-4-14(12-15)27(13)21(28)29/h2,5-10,13-15H,3-4,11-12H2,1H3,(H,28,29)/t13-,14+,15-. The quantitative estimate of drug-likeness (QED) is 0.667. The summed E-state index contributed by atoms with van der Waals surface area (Å²) in [4.78, 5) is 17.5. The molecule has 5 heterocycles. The Morgan fingerprint density at radius 3 is 2.48 bits per heavy atom. The normalized spacial score (nSPS) is 22.4. The van der Waals surface area contributed by atoms with Crippen LogP contribution in [0.3, 0.4) is 0 Å². The molecule has 0 aromatic carbocycles. The highest BCUT2D eigenvalue weighted by Crippen LogP contribution is 2.37. The Morgan fingerprint density at radius 1 is 1.10 bits per heavy atom. The van der Waals surface area contributed by atoms with Gasteiger partial charge in [0.2, 0.25) is 11.8 Å². The van der Waals surface area contributed by atoms with E-state index in [1.54, 1.807) is 35.0 Å². The molecule has 3 aromatic rings. The summed E-state index contributed by atoms with van der Waals surface area (Å²) in [6, 6.07) is 9.16. The van der Waals surface area contributed by atoms with Gasteiger partial charge < -0.3 is 19.5 Å². The predicted octanol–water partition coefficient (Wildman–Crippen LogP) is 2.79. The van der Waals surface area contributed by atoms with Gasteiger partial charge in [-0.1, -0.05) is 0 Å². The van der Waals surface area contributed by atoms with Crippen LogP contribution in [0.25, 0.3) is 17.1 Å². The highest BCUT2D eigenvalue weighted by atomic mass is 16.5. The number of carboxylic acid groups (broad SMARTS) is 1. The minimum atomic E-state index is -0.836. The predicted molar refractivity (Wildman–Crippen MR) is 109 cm³/mol. The van der Waals surface area contributed by atoms with Crippen molar-refractivity contribution in [2.45, 2.75) is 43.9 Å². The maximum atomic E-state index is 11.4. The van der Waals surface area contributed by atoms with Crippen molar-refractivity contribution in [3.05, 3.63) is 42.7 Å². The highest BCUT2D eigenvalue weighted by molar-refractivity contribution is 5.66. The fourth-order valence-electron chi connectivity index (χ4n) is 4.54. The first kappa shape index (κ1) is 19.3. The van der Waals surface area contributed by atoms with Crippen molar-refractivity contribution < 1.29 is 19.4 Å². The molecule has 2 aliphatic rings. The second kappa shape index (κ2) is 7.86. The summed E-state index contributed by atoms with van der Waals surface area (Å²) < 4.78 is 13.1. The van der Waals surface area contributed by atoms with E-state index in [-0.39, 0.29) is 18.2 Å². The molecule has 1 N–H and O–H groups in total. The van der Waals surface area contributed by atoms with Crippen molar-refractivity contribution in [1.29, 1.82) is 0 Å². The number of nitrogens with zero attached hydrogens (tertiary/aromatic N) is 6. The van der Waals surface area contributed by atoms with Crippen LogP contribution < -0.4 is 9.47 Å². The number of hydrogen-bond acceptors (Lipinski definition) is 7. The average Bonchev–Trinajstić information content (AvgIpc) is 3.41. The Balaban J connectivity index is 1.29. The van der Waals surface area contributed by atoms with Gasteiger partial charge >= 0.3 is 6.09 Å². The number of pyridine rings is 1. The molecule has 2 aliphatic heterocycles. The lowest BCUT2D eigenvalue weighted by atomic mass is 10.0. The Labute approximate surface area is 178 Å². The molecule has 160 valence electrons. The number of ether oxygens (including phenoxy) is 2. The second-order valence-corrected chi connectivity index (χ2v) is 7.72. The molecule has 10 heteroatoms. The third-order valence-electron chi connectivity index (χ3n) is 5.89. The smallest absolute Gasteiger partial charge is 0.407 e. The third kappa shape index (κ3) is 3.65. The summed E-state index contributed by atoms with van der Waals surface area (Å²) >= 11 is 0. The van der Waals surface area contributed by atoms with E-state index >= 15 is 0 Å². The lowest BCUT2D eigenvalue weighted by Crippen LogP contribution is -2.48. The molecular formula is C21H22N6O4. The van der Waals surface area contributed by atoms with Gasteiger partial charge in [0.05, 0.1) is 12.8 Å². The van der Waals surface area contributed by atoms with Crippen molar-refractivity contribution in [3.63, 3.8) is 0 Å². The van der Waals surface area contributed by atoms with Crippen LogP contribution in [0.4, 0.5) is 4.79 Å². The van der Waals surface area contributed by atoms with Crippen molar-refractivity contribution in [2.75, 3.05) is 7.11 Å². The maximum absolute atomic E-state index is 11.4. The van der Waals surface area contributed by atoms with Gasteiger partial charge in [0.25, 0.3) is 0 Å². The van der Waals surface area contributed by atoms with E-state index in [0.29, 0.717) is 36.0 Å². The number of piperidine rings is 1. The zero-order chi connectivity index (χ0) is 21.4. The topological polar surface area (TPSA) is 115 Å². The third-order valence-corrected chi connectivity index (χ3v) is 5.89. The van der Waals surface area contributed by atoms with Crippen LogP contribution in [0.2, 0.25) is 0 Å². The summed E-state index contributed by atoms with van der Waals surface area (Å²) in [5, 5.41) is 22.1. The van der Waals surface area contributed by atoms with Crippen molar-refractivity contribution in [1.82, 2.24) is 29.9 Å². The van der Waals surface area contributed by atoms with Crippen molar-refractivity contribution >= 4 is 6.09 Å². The molecule has 0 saturated carbocycles. The van der Waals surface area contributed by atoms with Gasteiger partial charge in [-0.2, -0.15) is 5.10 Å². The number of rotatable bonds is 5. The largest absolute Gasteiger partial charge is 0.479 e. The van der Waals surface area contributed by atoms with E-state index < -0.39 is 6.09 Å². The molecule has 2 fully saturated rings. The van der Waals surface area contributed by atoms with Crippen LogP contribution in [0.15, 0.2) is 42.7 Å². The van der Waals surface area contributed by atoms with Crippen LogP contribution in [0.5, 0.6) is 11.8 Å². The van der Waals surface area contributed by atoms with Gasteiger partial charge in [0, 0.05) is 43.4 Å². The van der Waals surface area contributed by atoms with E-state index in [1.165, 1.54) is 0 Å². The Kier molecular flexibility index (Phi) is 4.89. The first-order valence-corrected chi connectivity index (χ1v) is 10.2. The number of hydrogen-bond donors (Lipinski definition) is 1. The lowest BCUT2D eigenvalue weighted by Gasteiger charge is -2.36. The van der Waals surface area contributed by atoms with Crippen LogP contribution in [-0.4, -0.2) is 66.4 Å². The highest BCUT2D eigenvalue weighted by Gasteiger charge is 2.44. The number of fused-ring (bicyclic) bond motifs is 2. The van der Waals surface area contributed by atoms with Gasteiger partial charge in [-0.3, -0.25) is 0 Å². The fraction of sp³-hybridized carbons (Fsp3) is 0.381. The van der Waals surface area contributed by atoms with Crippen LogP contribution in [0, 0.1) is 0 Å². The molecule has 31 heavy (non-hydrogen) atoms. The monoisotopic (exact) mass is 422 g/mol. The number of amides is 1. The number of methoxy groups -OCH3 is 1. The Bertz CT molecular complexity index is 1060. The summed E-state index contributed by atoms with van der Waals surface area (Å²) in [6.45, 7) is 0. The average molecular weight is 422 g/mol. The minimum Gasteiger partial charge on any atom is -0.479 e. The molecule has 10 nitrogen and oxygen atoms in total. The molecule has 5 rings (SSSR count). The van der Waals surface area contributed by atoms with Crippen LogP contribution in [-0.2, 0) is 0 Å². The summed E-state index contributed by atoms with van der Waals surface area (Å²) in [5.41, 5.74) is 1.95. The summed E-state index contributed by atoms with van der Waals surface area (Å²) in [5.74, 6) is 0.862. The Hall–Kier alpha value is -3.69. The van der Waals surface area contributed by atoms with Crippen LogP contribution in [0.1, 0.15) is 25.7 Å². The van der Waals surface area contributed by atoms with Gasteiger partial charge in [0.1, 0.15) is 17.5 Å². The number of aromatic nitrogens is 5. The lowest BCUT2D eigenvalue weighted by molar-refractivity contribution is 0.0473. The zero-order valence-electron chi connectivity index (χ0n) is 17.0. The molecule has 0 aliphatic carbocycles. The second-order valence-electron chi connectivity index (χ2n) is 7.72. The van der Waals surface area contributed by atoms with Gasteiger partial charge in [-0.15, -0.1) is 10.2 Å². The van der Waals surface area contributed by atoms with Crippen molar-refractivity contribution in [2.24, 2.45) is 0 Å². The first-order valence-electron chi connectivity index (χ1n) is 10.2. The molecule has 2 saturated heterocycles. The van der Waals surface area contributed by atoms with Gasteiger partial charge in [-0.05, 0) is 37.1 Å². The minimum absolute atomic E-state index is 0.0263. The van der Waals surface area contributed by atoms with Gasteiger partial charge in [0.15, 0.2) is 0 Å². The molecule has 0 unspecified atom stereocenters. The molecule has 3 atom stereocenters.